The molecule has 0 aliphatic carbocycles. The average molecular weight is 661 g/mol. The Bertz CT molecular complexity index is 1380. The van der Waals surface area contributed by atoms with Crippen LogP contribution in [0, 0.1) is 16.5 Å². The standard InChI is InChI=1S/C27H35F2N4O11P/c1-17(2)44-27(38)41-16-43-45(42-15-40-4)8-7-32(3)12-20(11-31-39)33-13-21(24(35)25(36)23(33)14-34)26(37)30-10-18-5-6-19(28)9-22(18)29/h5-6,9,13-14,17,20,36H,7-8,10-12,15-16H2,1-4H3,(H,30,37). The third-order valence-electron chi connectivity index (χ3n) is 5.94. The summed E-state index contributed by atoms with van der Waals surface area (Å²) >= 11 is 0. The summed E-state index contributed by atoms with van der Waals surface area (Å²) in [6, 6.07) is 1.79. The topological polar surface area (TPSA) is 184 Å². The maximum absolute atomic E-state index is 14.0. The monoisotopic (exact) mass is 660 g/mol. The van der Waals surface area contributed by atoms with Crippen LogP contribution in [-0.2, 0) is 29.8 Å². The molecule has 0 saturated carbocycles. The van der Waals surface area contributed by atoms with Crippen LogP contribution in [0.3, 0.4) is 0 Å². The number of aromatic nitrogens is 1. The summed E-state index contributed by atoms with van der Waals surface area (Å²) in [7, 11) is 1.44. The molecular formula is C27H35F2N4O11P. The van der Waals surface area contributed by atoms with E-state index in [0.717, 1.165) is 22.9 Å². The van der Waals surface area contributed by atoms with E-state index in [1.807, 2.05) is 0 Å². The molecule has 0 bridgehead atoms. The van der Waals surface area contributed by atoms with Crippen LogP contribution in [0.5, 0.6) is 5.75 Å². The summed E-state index contributed by atoms with van der Waals surface area (Å²) in [5.74, 6) is -3.79. The van der Waals surface area contributed by atoms with Crippen molar-refractivity contribution in [3.05, 3.63) is 68.0 Å². The van der Waals surface area contributed by atoms with Gasteiger partial charge in [0.15, 0.2) is 27.2 Å². The fourth-order valence-corrected chi connectivity index (χ4v) is 5.04. The third-order valence-corrected chi connectivity index (χ3v) is 7.30. The molecule has 2 atom stereocenters. The predicted molar refractivity (Wildman–Crippen MR) is 156 cm³/mol. The van der Waals surface area contributed by atoms with E-state index in [0.29, 0.717) is 6.07 Å². The van der Waals surface area contributed by atoms with Crippen LogP contribution in [0.4, 0.5) is 13.6 Å². The number of amides is 1. The molecule has 1 heterocycles. The zero-order chi connectivity index (χ0) is 33.5. The van der Waals surface area contributed by atoms with Crippen LogP contribution in [0.15, 0.2) is 34.4 Å². The van der Waals surface area contributed by atoms with Gasteiger partial charge in [-0.1, -0.05) is 11.2 Å². The molecule has 15 nitrogen and oxygen atoms in total. The molecular weight excluding hydrogens is 625 g/mol. The number of benzene rings is 1. The highest BCUT2D eigenvalue weighted by atomic mass is 31.2. The van der Waals surface area contributed by atoms with Gasteiger partial charge in [-0.15, -0.1) is 0 Å². The molecule has 1 aromatic carbocycles. The number of hydrogen-bond donors (Lipinski definition) is 2. The molecule has 2 unspecified atom stereocenters. The molecule has 0 saturated heterocycles. The Morgan fingerprint density at radius 3 is 2.56 bits per heavy atom. The van der Waals surface area contributed by atoms with E-state index in [1.165, 1.54) is 7.11 Å². The number of aldehydes is 1. The van der Waals surface area contributed by atoms with Crippen molar-refractivity contribution < 1.29 is 51.5 Å². The summed E-state index contributed by atoms with van der Waals surface area (Å²) in [5.41, 5.74) is -2.33. The number of ether oxygens (including phenoxy) is 3. The van der Waals surface area contributed by atoms with E-state index in [2.05, 4.69) is 10.5 Å². The number of aromatic hydroxyl groups is 1. The van der Waals surface area contributed by atoms with Crippen molar-refractivity contribution in [1.82, 2.24) is 14.8 Å². The van der Waals surface area contributed by atoms with Crippen LogP contribution in [0.1, 0.15) is 46.3 Å². The maximum Gasteiger partial charge on any atom is 0.510 e. The molecule has 18 heteroatoms. The molecule has 0 aliphatic heterocycles. The number of pyridine rings is 1. The van der Waals surface area contributed by atoms with Crippen LogP contribution in [0.25, 0.3) is 0 Å². The molecule has 45 heavy (non-hydrogen) atoms. The molecule has 248 valence electrons. The zero-order valence-corrected chi connectivity index (χ0v) is 26.0. The van der Waals surface area contributed by atoms with Crippen molar-refractivity contribution in [2.45, 2.75) is 32.5 Å². The molecule has 1 amide bonds. The molecule has 0 fully saturated rings. The van der Waals surface area contributed by atoms with Gasteiger partial charge in [0.1, 0.15) is 29.4 Å². The molecule has 0 aliphatic rings. The number of likely N-dealkylation sites (N-methyl/N-ethyl adjacent to an activating group) is 1. The first-order valence-corrected chi connectivity index (χ1v) is 14.8. The second kappa shape index (κ2) is 18.8. The summed E-state index contributed by atoms with van der Waals surface area (Å²) in [6.45, 7) is 2.22. The molecule has 0 spiro atoms. The smallest absolute Gasteiger partial charge is 0.503 e. The van der Waals surface area contributed by atoms with Gasteiger partial charge in [-0.3, -0.25) is 18.9 Å². The van der Waals surface area contributed by atoms with E-state index in [1.54, 1.807) is 25.8 Å². The number of methoxy groups -OCH3 is 1. The largest absolute Gasteiger partial charge is 0.510 e. The van der Waals surface area contributed by atoms with Crippen molar-refractivity contribution in [2.24, 2.45) is 5.18 Å². The fraction of sp³-hybridized carbons (Fsp3) is 0.481. The number of carbonyl (C=O) groups excluding carboxylic acids is 3. The van der Waals surface area contributed by atoms with Crippen LogP contribution >= 0.6 is 8.38 Å². The van der Waals surface area contributed by atoms with E-state index < -0.39 is 80.4 Å². The first-order valence-electron chi connectivity index (χ1n) is 13.4. The Morgan fingerprint density at radius 1 is 1.22 bits per heavy atom. The number of hydrogen-bond acceptors (Lipinski definition) is 13. The maximum atomic E-state index is 14.0. The quantitative estimate of drug-likeness (QED) is 0.0738. The third kappa shape index (κ3) is 11.9. The second-order valence-electron chi connectivity index (χ2n) is 9.68. The van der Waals surface area contributed by atoms with E-state index in [9.17, 15) is 38.0 Å². The first-order chi connectivity index (χ1) is 21.4. The van der Waals surface area contributed by atoms with E-state index in [-0.39, 0.29) is 44.0 Å². The lowest BCUT2D eigenvalue weighted by molar-refractivity contribution is -0.0155. The minimum Gasteiger partial charge on any atom is -0.503 e. The highest BCUT2D eigenvalue weighted by Gasteiger charge is 2.25. The lowest BCUT2D eigenvalue weighted by atomic mass is 10.1. The summed E-state index contributed by atoms with van der Waals surface area (Å²) < 4.78 is 53.9. The number of nitroso groups, excluding NO2 is 1. The summed E-state index contributed by atoms with van der Waals surface area (Å²) in [4.78, 5) is 62.1. The molecule has 2 aromatic rings. The van der Waals surface area contributed by atoms with Crippen molar-refractivity contribution in [2.75, 3.05) is 53.5 Å². The minimum absolute atomic E-state index is 0.0292. The predicted octanol–water partition coefficient (Wildman–Crippen LogP) is 3.28. The van der Waals surface area contributed by atoms with Crippen LogP contribution in [0.2, 0.25) is 0 Å². The lowest BCUT2D eigenvalue weighted by Gasteiger charge is -2.27. The van der Waals surface area contributed by atoms with Gasteiger partial charge in [-0.2, -0.15) is 4.91 Å². The molecule has 2 N–H and O–H groups in total. The Morgan fingerprint density at radius 2 is 1.93 bits per heavy atom. The Kier molecular flexibility index (Phi) is 15.6. The Labute approximate surface area is 258 Å². The summed E-state index contributed by atoms with van der Waals surface area (Å²) in [5, 5.41) is 15.7. The number of rotatable bonds is 19. The highest BCUT2D eigenvalue weighted by molar-refractivity contribution is 7.47. The highest BCUT2D eigenvalue weighted by Crippen LogP contribution is 2.38. The minimum atomic E-state index is -1.63. The van der Waals surface area contributed by atoms with E-state index in [4.69, 9.17) is 23.3 Å². The van der Waals surface area contributed by atoms with Gasteiger partial charge >= 0.3 is 6.16 Å². The number of halogens is 2. The molecule has 2 rings (SSSR count). The zero-order valence-electron chi connectivity index (χ0n) is 25.1. The van der Waals surface area contributed by atoms with Crippen LogP contribution < -0.4 is 10.7 Å². The average Bonchev–Trinajstić information content (AvgIpc) is 2.98. The van der Waals surface area contributed by atoms with Gasteiger partial charge in [0.2, 0.25) is 12.2 Å². The van der Waals surface area contributed by atoms with Gasteiger partial charge in [-0.05, 0) is 27.0 Å². The van der Waals surface area contributed by atoms with Gasteiger partial charge in [0.05, 0.1) is 12.1 Å². The number of carbonyl (C=O) groups is 3. The SMILES string of the molecule is COCOP(CCN(C)CC(CN=O)n1cc(C(=O)NCc2ccc(F)cc2F)c(=O)c(O)c1C=O)OCOC(=O)OC(C)C. The first kappa shape index (κ1) is 37.3. The van der Waals surface area contributed by atoms with Crippen molar-refractivity contribution in [3.63, 3.8) is 0 Å². The number of nitrogens with zero attached hydrogens (tertiary/aromatic N) is 3. The fourth-order valence-electron chi connectivity index (χ4n) is 3.81. The summed E-state index contributed by atoms with van der Waals surface area (Å²) in [6.07, 6.45) is 0.158. The lowest BCUT2D eigenvalue weighted by Crippen LogP contribution is -2.35. The molecule has 0 radical (unpaired) electrons. The normalized spacial score (nSPS) is 12.5. The Hall–Kier alpha value is -3.89. The van der Waals surface area contributed by atoms with Crippen LogP contribution in [-0.4, -0.2) is 92.6 Å². The van der Waals surface area contributed by atoms with Gasteiger partial charge in [0.25, 0.3) is 5.91 Å². The van der Waals surface area contributed by atoms with Crippen molar-refractivity contribution >= 4 is 26.7 Å². The second-order valence-corrected chi connectivity index (χ2v) is 11.3. The van der Waals surface area contributed by atoms with Gasteiger partial charge < -0.3 is 38.6 Å². The molecule has 1 aromatic heterocycles. The van der Waals surface area contributed by atoms with Crippen molar-refractivity contribution in [3.8, 4) is 5.75 Å². The number of nitrogens with one attached hydrogen (secondary N) is 1. The Balaban J connectivity index is 2.19. The van der Waals surface area contributed by atoms with Gasteiger partial charge in [-0.25, -0.2) is 13.6 Å². The van der Waals surface area contributed by atoms with E-state index >= 15 is 0 Å². The van der Waals surface area contributed by atoms with Crippen molar-refractivity contribution in [1.29, 1.82) is 0 Å². The van der Waals surface area contributed by atoms with Gasteiger partial charge in [0, 0.05) is 50.7 Å².